The molecule has 0 bridgehead atoms. The van der Waals surface area contributed by atoms with E-state index in [1.54, 1.807) is 0 Å². The fourth-order valence-corrected chi connectivity index (χ4v) is 3.52. The fraction of sp³-hybridized carbons (Fsp3) is 0.133. The molecular weight excluding hydrogens is 212 g/mol. The predicted octanol–water partition coefficient (Wildman–Crippen LogP) is 4.59. The summed E-state index contributed by atoms with van der Waals surface area (Å²) in [6.45, 7) is 2.20. The summed E-state index contributed by atoms with van der Waals surface area (Å²) < 4.78 is 0. The van der Waals surface area contributed by atoms with Crippen LogP contribution >= 0.6 is 10.5 Å². The lowest BCUT2D eigenvalue weighted by atomic mass is 10.4. The Kier molecular flexibility index (Phi) is 3.95. The first-order valence-corrected chi connectivity index (χ1v) is 6.87. The Morgan fingerprint density at radius 2 is 1.25 bits per heavy atom. The van der Waals surface area contributed by atoms with Crippen LogP contribution in [0.3, 0.4) is 0 Å². The number of hydrogen-bond donors (Lipinski definition) is 0. The fourth-order valence-electron chi connectivity index (χ4n) is 1.63. The quantitative estimate of drug-likeness (QED) is 0.674. The van der Waals surface area contributed by atoms with Crippen LogP contribution in [0.4, 0.5) is 0 Å². The minimum absolute atomic E-state index is 0.124. The molecular formula is C15H16S. The van der Waals surface area contributed by atoms with Crippen molar-refractivity contribution in [1.82, 2.24) is 0 Å². The van der Waals surface area contributed by atoms with Crippen molar-refractivity contribution < 1.29 is 0 Å². The molecule has 0 aliphatic rings. The van der Waals surface area contributed by atoms with Crippen molar-refractivity contribution in [2.24, 2.45) is 0 Å². The zero-order valence-corrected chi connectivity index (χ0v) is 10.3. The highest BCUT2D eigenvalue weighted by Gasteiger charge is 2.00. The molecule has 0 spiro atoms. The van der Waals surface area contributed by atoms with Gasteiger partial charge in [0.25, 0.3) is 0 Å². The second kappa shape index (κ2) is 5.66. The average molecular weight is 228 g/mol. The van der Waals surface area contributed by atoms with Crippen molar-refractivity contribution in [2.75, 3.05) is 0 Å². The molecule has 1 heteroatoms. The molecule has 0 unspecified atom stereocenters. The molecule has 0 nitrogen and oxygen atoms in total. The Labute approximate surface area is 99.9 Å². The van der Waals surface area contributed by atoms with Crippen LogP contribution in [0.5, 0.6) is 0 Å². The summed E-state index contributed by atoms with van der Waals surface area (Å²) in [5.41, 5.74) is 0. The molecule has 0 fully saturated rings. The van der Waals surface area contributed by atoms with Gasteiger partial charge in [0.15, 0.2) is 0 Å². The van der Waals surface area contributed by atoms with E-state index < -0.39 is 0 Å². The third-order valence-electron chi connectivity index (χ3n) is 2.33. The van der Waals surface area contributed by atoms with Gasteiger partial charge in [-0.3, -0.25) is 0 Å². The second-order valence-corrected chi connectivity index (χ2v) is 5.49. The average Bonchev–Trinajstić information content (AvgIpc) is 2.38. The summed E-state index contributed by atoms with van der Waals surface area (Å²) in [5, 5.41) is 2.39. The van der Waals surface area contributed by atoms with Gasteiger partial charge in [-0.25, -0.2) is 0 Å². The number of hydrogen-bond acceptors (Lipinski definition) is 0. The molecule has 0 aliphatic heterocycles. The number of rotatable bonds is 3. The van der Waals surface area contributed by atoms with E-state index in [0.717, 1.165) is 6.42 Å². The Balaban J connectivity index is 2.44. The maximum Gasteiger partial charge on any atom is 0.00589 e. The summed E-state index contributed by atoms with van der Waals surface area (Å²) >= 11 is 0. The monoisotopic (exact) mass is 228 g/mol. The van der Waals surface area contributed by atoms with Crippen molar-refractivity contribution in [3.63, 3.8) is 0 Å². The van der Waals surface area contributed by atoms with Crippen LogP contribution in [0.1, 0.15) is 13.3 Å². The Morgan fingerprint density at radius 1 is 0.812 bits per heavy atom. The van der Waals surface area contributed by atoms with Crippen LogP contribution in [-0.4, -0.2) is 5.37 Å². The highest BCUT2D eigenvalue weighted by molar-refractivity contribution is 8.15. The minimum atomic E-state index is 0.124. The van der Waals surface area contributed by atoms with Crippen LogP contribution in [-0.2, 0) is 0 Å². The molecule has 0 saturated carbocycles. The molecule has 0 atom stereocenters. The van der Waals surface area contributed by atoms with Crippen LogP contribution in [0.2, 0.25) is 0 Å². The molecule has 82 valence electrons. The summed E-state index contributed by atoms with van der Waals surface area (Å²) in [4.78, 5) is 2.80. The zero-order chi connectivity index (χ0) is 11.2. The molecule has 16 heavy (non-hydrogen) atoms. The first-order chi connectivity index (χ1) is 7.92. The first-order valence-electron chi connectivity index (χ1n) is 5.58. The van der Waals surface area contributed by atoms with Gasteiger partial charge in [0.05, 0.1) is 0 Å². The van der Waals surface area contributed by atoms with Gasteiger partial charge < -0.3 is 0 Å². The summed E-state index contributed by atoms with van der Waals surface area (Å²) in [7, 11) is 0.124. The van der Waals surface area contributed by atoms with Gasteiger partial charge in [0.1, 0.15) is 0 Å². The summed E-state index contributed by atoms with van der Waals surface area (Å²) in [5.74, 6) is 0. The van der Waals surface area contributed by atoms with E-state index in [4.69, 9.17) is 0 Å². The molecule has 0 saturated heterocycles. The summed E-state index contributed by atoms with van der Waals surface area (Å²) in [6, 6.07) is 21.4. The molecule has 2 rings (SSSR count). The topological polar surface area (TPSA) is 0 Å². The lowest BCUT2D eigenvalue weighted by Gasteiger charge is -2.09. The van der Waals surface area contributed by atoms with Crippen molar-refractivity contribution >= 4 is 15.9 Å². The summed E-state index contributed by atoms with van der Waals surface area (Å²) in [6.07, 6.45) is 1.10. The molecule has 0 heterocycles. The normalized spacial score (nSPS) is 10.4. The third kappa shape index (κ3) is 2.61. The molecule has 2 aromatic carbocycles. The molecule has 0 N–H and O–H groups in total. The van der Waals surface area contributed by atoms with Crippen molar-refractivity contribution in [2.45, 2.75) is 23.1 Å². The van der Waals surface area contributed by atoms with Gasteiger partial charge in [-0.1, -0.05) is 48.7 Å². The van der Waals surface area contributed by atoms with Crippen molar-refractivity contribution in [1.29, 1.82) is 0 Å². The minimum Gasteiger partial charge on any atom is -0.127 e. The second-order valence-electron chi connectivity index (χ2n) is 3.54. The lowest BCUT2D eigenvalue weighted by molar-refractivity contribution is 1.34. The Bertz CT molecular complexity index is 416. The van der Waals surface area contributed by atoms with Gasteiger partial charge in [-0.2, -0.15) is 0 Å². The van der Waals surface area contributed by atoms with Crippen molar-refractivity contribution in [3.05, 3.63) is 60.7 Å². The van der Waals surface area contributed by atoms with E-state index in [1.165, 1.54) is 9.79 Å². The van der Waals surface area contributed by atoms with E-state index in [-0.39, 0.29) is 10.5 Å². The van der Waals surface area contributed by atoms with Gasteiger partial charge >= 0.3 is 0 Å². The van der Waals surface area contributed by atoms with E-state index in [0.29, 0.717) is 0 Å². The van der Waals surface area contributed by atoms with E-state index in [1.807, 2.05) is 0 Å². The Hall–Kier alpha value is -1.34. The van der Waals surface area contributed by atoms with E-state index >= 15 is 0 Å². The molecule has 2 aromatic rings. The maximum atomic E-state index is 2.39. The highest BCUT2D eigenvalue weighted by atomic mass is 32.2. The lowest BCUT2D eigenvalue weighted by Crippen LogP contribution is -1.81. The molecule has 0 aromatic heterocycles. The molecule has 0 aliphatic carbocycles. The molecule has 0 amide bonds. The highest BCUT2D eigenvalue weighted by Crippen LogP contribution is 2.34. The smallest absolute Gasteiger partial charge is 0.00589 e. The van der Waals surface area contributed by atoms with E-state index in [9.17, 15) is 0 Å². The SMILES string of the molecule is CCC=S(c1ccccc1)c1ccccc1. The Morgan fingerprint density at radius 3 is 1.62 bits per heavy atom. The predicted molar refractivity (Wildman–Crippen MR) is 73.4 cm³/mol. The number of benzene rings is 2. The molecule has 0 radical (unpaired) electrons. The van der Waals surface area contributed by atoms with E-state index in [2.05, 4.69) is 73.0 Å². The standard InChI is InChI=1S/C15H16S/c1-2-13-16(14-9-5-3-6-10-14)15-11-7-4-8-12-15/h3-13H,2H2,1H3. The van der Waals surface area contributed by atoms with Gasteiger partial charge in [-0.05, 0) is 30.7 Å². The third-order valence-corrected chi connectivity index (χ3v) is 4.55. The van der Waals surface area contributed by atoms with Gasteiger partial charge in [-0.15, -0.1) is 10.5 Å². The maximum absolute atomic E-state index is 2.39. The largest absolute Gasteiger partial charge is 0.127 e. The van der Waals surface area contributed by atoms with Crippen molar-refractivity contribution in [3.8, 4) is 0 Å². The van der Waals surface area contributed by atoms with Crippen LogP contribution < -0.4 is 0 Å². The van der Waals surface area contributed by atoms with Gasteiger partial charge in [0.2, 0.25) is 0 Å². The van der Waals surface area contributed by atoms with Crippen LogP contribution in [0, 0.1) is 0 Å². The first kappa shape index (κ1) is 11.2. The van der Waals surface area contributed by atoms with Crippen LogP contribution in [0.15, 0.2) is 70.5 Å². The zero-order valence-electron chi connectivity index (χ0n) is 9.47. The van der Waals surface area contributed by atoms with Crippen LogP contribution in [0.25, 0.3) is 0 Å². The van der Waals surface area contributed by atoms with Gasteiger partial charge in [0, 0.05) is 9.79 Å².